The van der Waals surface area contributed by atoms with Crippen LogP contribution >= 0.6 is 0 Å². The summed E-state index contributed by atoms with van der Waals surface area (Å²) in [6.07, 6.45) is 1.86. The monoisotopic (exact) mass is 359 g/mol. The normalized spacial score (nSPS) is 14.0. The molecule has 0 aliphatic carbocycles. The molecule has 0 bridgehead atoms. The number of nitrogens with two attached hydrogens (primary N) is 2. The Labute approximate surface area is 152 Å². The van der Waals surface area contributed by atoms with Crippen LogP contribution in [0.2, 0.25) is 0 Å². The highest BCUT2D eigenvalue weighted by atomic mass is 16.3. The molecule has 1 aromatic heterocycles. The fourth-order valence-corrected chi connectivity index (χ4v) is 2.98. The van der Waals surface area contributed by atoms with Crippen LogP contribution in [0, 0.1) is 0 Å². The number of amides is 2. The first-order valence-corrected chi connectivity index (χ1v) is 8.49. The fourth-order valence-electron chi connectivity index (χ4n) is 2.98. The zero-order valence-electron chi connectivity index (χ0n) is 14.9. The topological polar surface area (TPSA) is 126 Å². The molecule has 2 amide bonds. The van der Waals surface area contributed by atoms with E-state index < -0.39 is 0 Å². The molecule has 0 atom stereocenters. The molecule has 8 heteroatoms. The molecule has 26 heavy (non-hydrogen) atoms. The SMILES string of the molecule is CN.NCC(=O)N1CCN(C(=O)Cc2ccc(O)c3ncccc23)CC1. The third-order valence-corrected chi connectivity index (χ3v) is 4.34. The highest BCUT2D eigenvalue weighted by Crippen LogP contribution is 2.26. The van der Waals surface area contributed by atoms with Crippen LogP contribution in [-0.4, -0.2) is 71.5 Å². The van der Waals surface area contributed by atoms with Crippen LogP contribution in [0.3, 0.4) is 0 Å². The van der Waals surface area contributed by atoms with E-state index in [9.17, 15) is 14.7 Å². The smallest absolute Gasteiger partial charge is 0.236 e. The maximum absolute atomic E-state index is 12.6. The summed E-state index contributed by atoms with van der Waals surface area (Å²) in [5, 5.41) is 10.7. The molecule has 1 aromatic carbocycles. The molecule has 1 fully saturated rings. The molecular weight excluding hydrogens is 334 g/mol. The summed E-state index contributed by atoms with van der Waals surface area (Å²) < 4.78 is 0. The van der Waals surface area contributed by atoms with Gasteiger partial charge in [-0.3, -0.25) is 14.6 Å². The average molecular weight is 359 g/mol. The zero-order chi connectivity index (χ0) is 19.1. The standard InChI is InChI=1S/C17H20N4O3.CH5N/c18-11-16(24)21-8-6-20(7-9-21)15(23)10-12-3-4-14(22)17-13(12)2-1-5-19-17;1-2/h1-5,22H,6-11,18H2;2H2,1H3. The Balaban J connectivity index is 0.00000117. The van der Waals surface area contributed by atoms with Crippen molar-refractivity contribution in [2.75, 3.05) is 39.8 Å². The minimum atomic E-state index is -0.0855. The van der Waals surface area contributed by atoms with E-state index in [0.29, 0.717) is 31.7 Å². The molecule has 0 spiro atoms. The second kappa shape index (κ2) is 9.12. The molecule has 2 heterocycles. The Morgan fingerprint density at radius 2 is 1.69 bits per heavy atom. The molecule has 2 aromatic rings. The number of pyridine rings is 1. The van der Waals surface area contributed by atoms with Crippen molar-refractivity contribution in [2.45, 2.75) is 6.42 Å². The number of aromatic nitrogens is 1. The van der Waals surface area contributed by atoms with Crippen molar-refractivity contribution in [1.29, 1.82) is 0 Å². The van der Waals surface area contributed by atoms with Crippen LogP contribution in [0.5, 0.6) is 5.75 Å². The van der Waals surface area contributed by atoms with Gasteiger partial charge in [0.25, 0.3) is 0 Å². The third-order valence-electron chi connectivity index (χ3n) is 4.34. The van der Waals surface area contributed by atoms with E-state index in [-0.39, 0.29) is 30.5 Å². The molecule has 1 aliphatic heterocycles. The largest absolute Gasteiger partial charge is 0.506 e. The summed E-state index contributed by atoms with van der Waals surface area (Å²) in [4.78, 5) is 31.7. The number of hydrogen-bond acceptors (Lipinski definition) is 6. The third kappa shape index (κ3) is 4.27. The fraction of sp³-hybridized carbons (Fsp3) is 0.389. The average Bonchev–Trinajstić information content (AvgIpc) is 2.71. The van der Waals surface area contributed by atoms with Gasteiger partial charge in [0.1, 0.15) is 11.3 Å². The van der Waals surface area contributed by atoms with Crippen LogP contribution in [0.1, 0.15) is 5.56 Å². The lowest BCUT2D eigenvalue weighted by molar-refractivity contribution is -0.138. The van der Waals surface area contributed by atoms with Gasteiger partial charge in [-0.15, -0.1) is 0 Å². The highest BCUT2D eigenvalue weighted by molar-refractivity contribution is 5.91. The molecule has 140 valence electrons. The summed E-state index contributed by atoms with van der Waals surface area (Å²) in [5.74, 6) is 0.0269. The van der Waals surface area contributed by atoms with Crippen molar-refractivity contribution in [3.05, 3.63) is 36.0 Å². The van der Waals surface area contributed by atoms with Crippen molar-refractivity contribution in [3.63, 3.8) is 0 Å². The van der Waals surface area contributed by atoms with Gasteiger partial charge in [0, 0.05) is 37.8 Å². The Morgan fingerprint density at radius 3 is 2.31 bits per heavy atom. The van der Waals surface area contributed by atoms with Crippen LogP contribution in [0.25, 0.3) is 10.9 Å². The maximum atomic E-state index is 12.6. The number of carbonyl (C=O) groups is 2. The molecule has 1 saturated heterocycles. The Hall–Kier alpha value is -2.71. The summed E-state index contributed by atoms with van der Waals surface area (Å²) in [5.41, 5.74) is 11.2. The second-order valence-electron chi connectivity index (χ2n) is 5.79. The van der Waals surface area contributed by atoms with Crippen LogP contribution in [0.15, 0.2) is 30.5 Å². The minimum absolute atomic E-state index is 0.000441. The number of nitrogens with zero attached hydrogens (tertiary/aromatic N) is 3. The first-order chi connectivity index (χ1) is 12.6. The molecule has 5 N–H and O–H groups in total. The molecule has 3 rings (SSSR count). The minimum Gasteiger partial charge on any atom is -0.506 e. The van der Waals surface area contributed by atoms with Crippen molar-refractivity contribution in [2.24, 2.45) is 11.5 Å². The number of carbonyl (C=O) groups excluding carboxylic acids is 2. The number of benzene rings is 1. The van der Waals surface area contributed by atoms with Gasteiger partial charge in [0.2, 0.25) is 11.8 Å². The predicted molar refractivity (Wildman–Crippen MR) is 99.4 cm³/mol. The van der Waals surface area contributed by atoms with Crippen molar-refractivity contribution in [1.82, 2.24) is 14.8 Å². The molecule has 0 unspecified atom stereocenters. The van der Waals surface area contributed by atoms with Gasteiger partial charge < -0.3 is 26.4 Å². The maximum Gasteiger partial charge on any atom is 0.236 e. The van der Waals surface area contributed by atoms with Crippen molar-refractivity contribution < 1.29 is 14.7 Å². The highest BCUT2D eigenvalue weighted by Gasteiger charge is 2.23. The predicted octanol–water partition coefficient (Wildman–Crippen LogP) is -0.313. The molecule has 0 saturated carbocycles. The summed E-state index contributed by atoms with van der Waals surface area (Å²) in [7, 11) is 1.50. The van der Waals surface area contributed by atoms with E-state index >= 15 is 0 Å². The number of hydrogen-bond donors (Lipinski definition) is 3. The van der Waals surface area contributed by atoms with E-state index in [1.54, 1.807) is 34.2 Å². The van der Waals surface area contributed by atoms with Gasteiger partial charge in [0.15, 0.2) is 0 Å². The molecule has 1 aliphatic rings. The van der Waals surface area contributed by atoms with Gasteiger partial charge in [0.05, 0.1) is 13.0 Å². The summed E-state index contributed by atoms with van der Waals surface area (Å²) in [6.45, 7) is 2.05. The first-order valence-electron chi connectivity index (χ1n) is 8.49. The van der Waals surface area contributed by atoms with Gasteiger partial charge in [-0.1, -0.05) is 12.1 Å². The second-order valence-corrected chi connectivity index (χ2v) is 5.79. The van der Waals surface area contributed by atoms with E-state index in [0.717, 1.165) is 10.9 Å². The van der Waals surface area contributed by atoms with Gasteiger partial charge in [-0.05, 0) is 24.7 Å². The summed E-state index contributed by atoms with van der Waals surface area (Å²) >= 11 is 0. The van der Waals surface area contributed by atoms with E-state index in [1.807, 2.05) is 6.07 Å². The number of phenols is 1. The number of piperazine rings is 1. The molecule has 8 nitrogen and oxygen atoms in total. The Kier molecular flexibility index (Phi) is 6.88. The lowest BCUT2D eigenvalue weighted by Crippen LogP contribution is -2.52. The van der Waals surface area contributed by atoms with Crippen LogP contribution in [0.4, 0.5) is 0 Å². The number of fused-ring (bicyclic) bond motifs is 1. The lowest BCUT2D eigenvalue weighted by atomic mass is 10.0. The number of rotatable bonds is 3. The number of aromatic hydroxyl groups is 1. The lowest BCUT2D eigenvalue weighted by Gasteiger charge is -2.34. The van der Waals surface area contributed by atoms with E-state index in [2.05, 4.69) is 10.7 Å². The van der Waals surface area contributed by atoms with Crippen molar-refractivity contribution >= 4 is 22.7 Å². The van der Waals surface area contributed by atoms with Crippen molar-refractivity contribution in [3.8, 4) is 5.75 Å². The van der Waals surface area contributed by atoms with E-state index in [4.69, 9.17) is 5.73 Å². The molecular formula is C18H25N5O3. The Bertz CT molecular complexity index is 773. The van der Waals surface area contributed by atoms with Crippen LogP contribution < -0.4 is 11.5 Å². The van der Waals surface area contributed by atoms with Gasteiger partial charge in [-0.25, -0.2) is 0 Å². The zero-order valence-corrected chi connectivity index (χ0v) is 14.9. The molecule has 0 radical (unpaired) electrons. The van der Waals surface area contributed by atoms with Gasteiger partial charge in [-0.2, -0.15) is 0 Å². The summed E-state index contributed by atoms with van der Waals surface area (Å²) in [6, 6.07) is 6.96. The van der Waals surface area contributed by atoms with Crippen LogP contribution in [-0.2, 0) is 16.0 Å². The number of phenolic OH excluding ortho intramolecular Hbond substituents is 1. The van der Waals surface area contributed by atoms with Gasteiger partial charge >= 0.3 is 0 Å². The van der Waals surface area contributed by atoms with E-state index in [1.165, 1.54) is 7.05 Å². The quantitative estimate of drug-likeness (QED) is 0.690. The Morgan fingerprint density at radius 1 is 1.08 bits per heavy atom. The first kappa shape index (κ1) is 19.6.